The first kappa shape index (κ1) is 13.3. The SMILES string of the molecule is N=C(N)c1cc(F)c(N2CCN(C3CC3)CC2)c(F)c1. The van der Waals surface area contributed by atoms with Gasteiger partial charge in [-0.1, -0.05) is 0 Å². The number of hydrogen-bond donors (Lipinski definition) is 2. The number of nitrogens with zero attached hydrogens (tertiary/aromatic N) is 2. The summed E-state index contributed by atoms with van der Waals surface area (Å²) in [4.78, 5) is 4.13. The average molecular weight is 280 g/mol. The molecule has 6 heteroatoms. The normalized spacial score (nSPS) is 20.2. The van der Waals surface area contributed by atoms with Crippen molar-refractivity contribution in [1.29, 1.82) is 5.41 Å². The van der Waals surface area contributed by atoms with Crippen LogP contribution in [0.15, 0.2) is 12.1 Å². The number of benzene rings is 1. The van der Waals surface area contributed by atoms with Gasteiger partial charge in [0.05, 0.1) is 0 Å². The highest BCUT2D eigenvalue weighted by molar-refractivity contribution is 5.95. The molecule has 0 aromatic heterocycles. The Bertz CT molecular complexity index is 511. The molecular weight excluding hydrogens is 262 g/mol. The number of anilines is 1. The van der Waals surface area contributed by atoms with Crippen LogP contribution in [-0.4, -0.2) is 43.0 Å². The number of nitrogen functional groups attached to an aromatic ring is 1. The number of nitrogens with two attached hydrogens (primary N) is 1. The molecule has 1 aromatic carbocycles. The average Bonchev–Trinajstić information content (AvgIpc) is 3.23. The fraction of sp³-hybridized carbons (Fsp3) is 0.500. The first-order chi connectivity index (χ1) is 9.56. The predicted molar refractivity (Wildman–Crippen MR) is 74.2 cm³/mol. The number of piperazine rings is 1. The molecule has 0 radical (unpaired) electrons. The summed E-state index contributed by atoms with van der Waals surface area (Å²) in [5.74, 6) is -1.61. The van der Waals surface area contributed by atoms with Gasteiger partial charge in [0.2, 0.25) is 0 Å². The Balaban J connectivity index is 1.78. The molecule has 1 heterocycles. The van der Waals surface area contributed by atoms with E-state index >= 15 is 0 Å². The second kappa shape index (κ2) is 5.01. The molecule has 1 saturated carbocycles. The van der Waals surface area contributed by atoms with Crippen LogP contribution in [0.1, 0.15) is 18.4 Å². The molecule has 2 aliphatic rings. The molecule has 1 aromatic rings. The van der Waals surface area contributed by atoms with Crippen LogP contribution in [0.25, 0.3) is 0 Å². The van der Waals surface area contributed by atoms with Crippen LogP contribution >= 0.6 is 0 Å². The summed E-state index contributed by atoms with van der Waals surface area (Å²) in [5, 5.41) is 7.25. The fourth-order valence-electron chi connectivity index (χ4n) is 2.77. The van der Waals surface area contributed by atoms with E-state index in [1.165, 1.54) is 12.8 Å². The Morgan fingerprint density at radius 1 is 1.10 bits per heavy atom. The van der Waals surface area contributed by atoms with Gasteiger partial charge in [0.1, 0.15) is 23.2 Å². The molecule has 20 heavy (non-hydrogen) atoms. The Morgan fingerprint density at radius 2 is 1.65 bits per heavy atom. The van der Waals surface area contributed by atoms with Gasteiger partial charge in [0.25, 0.3) is 0 Å². The highest BCUT2D eigenvalue weighted by Crippen LogP contribution is 2.30. The molecule has 0 unspecified atom stereocenters. The van der Waals surface area contributed by atoms with Gasteiger partial charge in [-0.25, -0.2) is 8.78 Å². The second-order valence-electron chi connectivity index (χ2n) is 5.46. The summed E-state index contributed by atoms with van der Waals surface area (Å²) >= 11 is 0. The Labute approximate surface area is 116 Å². The third kappa shape index (κ3) is 2.47. The van der Waals surface area contributed by atoms with Crippen LogP contribution in [0.2, 0.25) is 0 Å². The minimum absolute atomic E-state index is 0.00504. The van der Waals surface area contributed by atoms with Gasteiger partial charge in [-0.3, -0.25) is 10.3 Å². The van der Waals surface area contributed by atoms with Crippen molar-refractivity contribution in [1.82, 2.24) is 4.90 Å². The van der Waals surface area contributed by atoms with Gasteiger partial charge >= 0.3 is 0 Å². The summed E-state index contributed by atoms with van der Waals surface area (Å²) in [6.07, 6.45) is 2.49. The van der Waals surface area contributed by atoms with Gasteiger partial charge < -0.3 is 10.6 Å². The topological polar surface area (TPSA) is 56.4 Å². The van der Waals surface area contributed by atoms with Crippen LogP contribution in [0.3, 0.4) is 0 Å². The lowest BCUT2D eigenvalue weighted by atomic mass is 10.1. The van der Waals surface area contributed by atoms with E-state index in [9.17, 15) is 8.78 Å². The van der Waals surface area contributed by atoms with Crippen molar-refractivity contribution in [2.45, 2.75) is 18.9 Å². The maximum Gasteiger partial charge on any atom is 0.150 e. The summed E-state index contributed by atoms with van der Waals surface area (Å²) in [6.45, 7) is 2.95. The maximum atomic E-state index is 14.1. The van der Waals surface area contributed by atoms with Gasteiger partial charge in [-0.2, -0.15) is 0 Å². The van der Waals surface area contributed by atoms with E-state index in [0.29, 0.717) is 19.1 Å². The van der Waals surface area contributed by atoms with Crippen LogP contribution in [0.5, 0.6) is 0 Å². The molecule has 1 saturated heterocycles. The molecule has 2 fully saturated rings. The van der Waals surface area contributed by atoms with Crippen LogP contribution in [0, 0.1) is 17.0 Å². The summed E-state index contributed by atoms with van der Waals surface area (Å²) in [7, 11) is 0. The first-order valence-electron chi connectivity index (χ1n) is 6.88. The van der Waals surface area contributed by atoms with E-state index in [1.54, 1.807) is 4.90 Å². The minimum atomic E-state index is -0.643. The van der Waals surface area contributed by atoms with Crippen molar-refractivity contribution in [3.8, 4) is 0 Å². The lowest BCUT2D eigenvalue weighted by molar-refractivity contribution is 0.247. The summed E-state index contributed by atoms with van der Waals surface area (Å²) in [5.41, 5.74) is 5.36. The third-order valence-corrected chi connectivity index (χ3v) is 4.02. The van der Waals surface area contributed by atoms with Gasteiger partial charge in [0, 0.05) is 37.8 Å². The Morgan fingerprint density at radius 3 is 2.10 bits per heavy atom. The fourth-order valence-corrected chi connectivity index (χ4v) is 2.77. The molecule has 4 nitrogen and oxygen atoms in total. The molecule has 0 bridgehead atoms. The number of amidine groups is 1. The van der Waals surface area contributed by atoms with Crippen LogP contribution < -0.4 is 10.6 Å². The van der Waals surface area contributed by atoms with E-state index in [2.05, 4.69) is 4.90 Å². The maximum absolute atomic E-state index is 14.1. The lowest BCUT2D eigenvalue weighted by Gasteiger charge is -2.36. The Kier molecular flexibility index (Phi) is 3.33. The van der Waals surface area contributed by atoms with E-state index in [4.69, 9.17) is 11.1 Å². The van der Waals surface area contributed by atoms with Crippen molar-refractivity contribution < 1.29 is 8.78 Å². The second-order valence-corrected chi connectivity index (χ2v) is 5.46. The van der Waals surface area contributed by atoms with Crippen molar-refractivity contribution in [3.63, 3.8) is 0 Å². The highest BCUT2D eigenvalue weighted by Gasteiger charge is 2.32. The van der Waals surface area contributed by atoms with E-state index in [0.717, 1.165) is 25.2 Å². The Hall–Kier alpha value is -1.69. The molecule has 108 valence electrons. The molecule has 3 N–H and O–H groups in total. The first-order valence-corrected chi connectivity index (χ1v) is 6.88. The third-order valence-electron chi connectivity index (χ3n) is 4.02. The smallest absolute Gasteiger partial charge is 0.150 e. The molecule has 0 atom stereocenters. The van der Waals surface area contributed by atoms with Gasteiger partial charge in [0.15, 0.2) is 0 Å². The summed E-state index contributed by atoms with van der Waals surface area (Å²) in [6, 6.07) is 2.95. The molecule has 0 amide bonds. The van der Waals surface area contributed by atoms with E-state index in [1.807, 2.05) is 0 Å². The molecule has 1 aliphatic carbocycles. The molecule has 3 rings (SSSR count). The molecule has 0 spiro atoms. The number of rotatable bonds is 3. The quantitative estimate of drug-likeness (QED) is 0.652. The standard InChI is InChI=1S/C14H18F2N4/c15-11-7-9(14(17)18)8-12(16)13(11)20-5-3-19(4-6-20)10-1-2-10/h7-8,10H,1-6H2,(H3,17,18). The van der Waals surface area contributed by atoms with Crippen molar-refractivity contribution >= 4 is 11.5 Å². The zero-order valence-corrected chi connectivity index (χ0v) is 11.2. The van der Waals surface area contributed by atoms with Crippen LogP contribution in [-0.2, 0) is 0 Å². The number of hydrogen-bond acceptors (Lipinski definition) is 3. The monoisotopic (exact) mass is 280 g/mol. The van der Waals surface area contributed by atoms with Crippen molar-refractivity contribution in [2.24, 2.45) is 5.73 Å². The van der Waals surface area contributed by atoms with Crippen molar-refractivity contribution in [2.75, 3.05) is 31.1 Å². The molecule has 1 aliphatic heterocycles. The van der Waals surface area contributed by atoms with Crippen LogP contribution in [0.4, 0.5) is 14.5 Å². The van der Waals surface area contributed by atoms with Gasteiger partial charge in [-0.15, -0.1) is 0 Å². The zero-order chi connectivity index (χ0) is 14.3. The summed E-state index contributed by atoms with van der Waals surface area (Å²) < 4.78 is 28.2. The zero-order valence-electron chi connectivity index (χ0n) is 11.2. The van der Waals surface area contributed by atoms with E-state index < -0.39 is 11.6 Å². The van der Waals surface area contributed by atoms with Gasteiger partial charge in [-0.05, 0) is 25.0 Å². The van der Waals surface area contributed by atoms with Crippen molar-refractivity contribution in [3.05, 3.63) is 29.3 Å². The molecular formula is C14H18F2N4. The number of nitrogens with one attached hydrogen (secondary N) is 1. The predicted octanol–water partition coefficient (Wildman–Crippen LogP) is 1.53. The lowest BCUT2D eigenvalue weighted by Crippen LogP contribution is -2.47. The largest absolute Gasteiger partial charge is 0.384 e. The highest BCUT2D eigenvalue weighted by atomic mass is 19.1. The van der Waals surface area contributed by atoms with E-state index in [-0.39, 0.29) is 17.1 Å². The minimum Gasteiger partial charge on any atom is -0.384 e. The number of halogens is 2.